The van der Waals surface area contributed by atoms with Gasteiger partial charge < -0.3 is 5.32 Å². The van der Waals surface area contributed by atoms with E-state index in [1.54, 1.807) is 12.3 Å². The fourth-order valence-electron chi connectivity index (χ4n) is 2.74. The van der Waals surface area contributed by atoms with E-state index in [2.05, 4.69) is 25.8 Å². The molecule has 3 aromatic rings. The van der Waals surface area contributed by atoms with Crippen LogP contribution in [-0.4, -0.2) is 39.6 Å². The molecule has 0 atom stereocenters. The Labute approximate surface area is 174 Å². The van der Waals surface area contributed by atoms with Gasteiger partial charge in [0.1, 0.15) is 5.02 Å². The third-order valence-corrected chi connectivity index (χ3v) is 5.14. The van der Waals surface area contributed by atoms with Crippen LogP contribution in [0.15, 0.2) is 34.5 Å². The molecular weight excluding hydrogens is 425 g/mol. The van der Waals surface area contributed by atoms with Crippen molar-refractivity contribution in [1.29, 1.82) is 0 Å². The summed E-state index contributed by atoms with van der Waals surface area (Å²) in [4.78, 5) is 21.4. The molecular formula is C16H15Cl2N7O2S. The van der Waals surface area contributed by atoms with Crippen LogP contribution in [0.3, 0.4) is 0 Å². The second kappa shape index (κ2) is 8.13. The average Bonchev–Trinajstić information content (AvgIpc) is 3.33. The summed E-state index contributed by atoms with van der Waals surface area (Å²) < 4.78 is 1.91. The second-order valence-corrected chi connectivity index (χ2v) is 7.41. The summed E-state index contributed by atoms with van der Waals surface area (Å²) in [5, 5.41) is 18.6. The molecule has 4 rings (SSSR count). The van der Waals surface area contributed by atoms with E-state index in [1.807, 2.05) is 17.5 Å². The van der Waals surface area contributed by atoms with Gasteiger partial charge >= 0.3 is 0 Å². The van der Waals surface area contributed by atoms with Crippen LogP contribution in [0.25, 0.3) is 16.2 Å². The first kappa shape index (κ1) is 20.1. The normalized spacial score (nSPS) is 13.4. The quantitative estimate of drug-likeness (QED) is 0.368. The van der Waals surface area contributed by atoms with Crippen LogP contribution < -0.4 is 10.7 Å². The second-order valence-electron chi connectivity index (χ2n) is 5.79. The van der Waals surface area contributed by atoms with Crippen LogP contribution in [0.2, 0.25) is 5.02 Å². The molecule has 146 valence electrons. The maximum absolute atomic E-state index is 11.2. The highest BCUT2D eigenvalue weighted by molar-refractivity contribution is 7.17. The maximum Gasteiger partial charge on any atom is 0.288 e. The molecule has 0 aliphatic carbocycles. The lowest BCUT2D eigenvalue weighted by atomic mass is 10.1. The van der Waals surface area contributed by atoms with Crippen LogP contribution in [0.1, 0.15) is 10.6 Å². The number of benzene rings is 1. The standard InChI is InChI=1S/C16H14ClN7O2S.ClH/c1-9-8-23-13(7-20-22-15-18-4-5-19-15)14(21-16(23)27-9)10-2-3-11(17)12(6-10)24(25)26;/h2-3,6-8H,4-5H2,1H3,(H2,18,19,22);1H/b20-7+;. The van der Waals surface area contributed by atoms with Gasteiger partial charge in [-0.3, -0.25) is 14.5 Å². The Bertz CT molecular complexity index is 1110. The zero-order chi connectivity index (χ0) is 19.0. The van der Waals surface area contributed by atoms with Gasteiger partial charge in [0.2, 0.25) is 5.96 Å². The largest absolute Gasteiger partial charge is 0.353 e. The lowest BCUT2D eigenvalue weighted by Gasteiger charge is -2.03. The van der Waals surface area contributed by atoms with E-state index >= 15 is 0 Å². The SMILES string of the molecule is Cc1cn2c(/C=N/NC3=NCCN3)c(-c3ccc(Cl)c([N+](=O)[O-])c3)nc2s1.Cl. The van der Waals surface area contributed by atoms with Gasteiger partial charge in [0.15, 0.2) is 4.96 Å². The molecule has 28 heavy (non-hydrogen) atoms. The van der Waals surface area contributed by atoms with Crippen LogP contribution in [0.5, 0.6) is 0 Å². The smallest absolute Gasteiger partial charge is 0.288 e. The fourth-order valence-corrected chi connectivity index (χ4v) is 3.75. The zero-order valence-electron chi connectivity index (χ0n) is 14.5. The number of fused-ring (bicyclic) bond motifs is 1. The topological polar surface area (TPSA) is 109 Å². The Morgan fingerprint density at radius 1 is 1.50 bits per heavy atom. The van der Waals surface area contributed by atoms with Gasteiger partial charge in [0.25, 0.3) is 5.69 Å². The van der Waals surface area contributed by atoms with Gasteiger partial charge in [-0.05, 0) is 13.0 Å². The van der Waals surface area contributed by atoms with Crippen molar-refractivity contribution >= 4 is 58.2 Å². The number of hydrazone groups is 1. The number of nitrogens with zero attached hydrogens (tertiary/aromatic N) is 5. The number of aryl methyl sites for hydroxylation is 1. The molecule has 0 fully saturated rings. The minimum Gasteiger partial charge on any atom is -0.353 e. The number of nitrogens with one attached hydrogen (secondary N) is 2. The van der Waals surface area contributed by atoms with E-state index in [0.29, 0.717) is 29.5 Å². The Kier molecular flexibility index (Phi) is 5.82. The van der Waals surface area contributed by atoms with Crippen molar-refractivity contribution in [3.8, 4) is 11.3 Å². The molecule has 0 saturated carbocycles. The van der Waals surface area contributed by atoms with Gasteiger partial charge in [0.05, 0.1) is 29.1 Å². The molecule has 9 nitrogen and oxygen atoms in total. The van der Waals surface area contributed by atoms with Crippen molar-refractivity contribution in [1.82, 2.24) is 20.1 Å². The summed E-state index contributed by atoms with van der Waals surface area (Å²) in [6.45, 7) is 3.47. The van der Waals surface area contributed by atoms with Gasteiger partial charge in [-0.25, -0.2) is 15.4 Å². The molecule has 0 spiro atoms. The van der Waals surface area contributed by atoms with E-state index in [9.17, 15) is 10.1 Å². The van der Waals surface area contributed by atoms with Crippen molar-refractivity contribution < 1.29 is 4.92 Å². The fraction of sp³-hybridized carbons (Fsp3) is 0.188. The van der Waals surface area contributed by atoms with Crippen molar-refractivity contribution in [3.63, 3.8) is 0 Å². The number of imidazole rings is 1. The first-order chi connectivity index (χ1) is 13.0. The first-order valence-electron chi connectivity index (χ1n) is 8.03. The number of thiazole rings is 1. The molecule has 2 aromatic heterocycles. The summed E-state index contributed by atoms with van der Waals surface area (Å²) in [5.41, 5.74) is 4.58. The number of nitro groups is 1. The van der Waals surface area contributed by atoms with Crippen LogP contribution in [-0.2, 0) is 0 Å². The van der Waals surface area contributed by atoms with Crippen LogP contribution in [0.4, 0.5) is 5.69 Å². The van der Waals surface area contributed by atoms with Crippen molar-refractivity contribution in [2.24, 2.45) is 10.1 Å². The lowest BCUT2D eigenvalue weighted by molar-refractivity contribution is -0.384. The number of nitro benzene ring substituents is 1. The summed E-state index contributed by atoms with van der Waals surface area (Å²) in [7, 11) is 0. The van der Waals surface area contributed by atoms with E-state index in [0.717, 1.165) is 16.4 Å². The van der Waals surface area contributed by atoms with Crippen molar-refractivity contribution in [3.05, 3.63) is 50.1 Å². The number of aliphatic imine (C=N–C) groups is 1. The number of aromatic nitrogens is 2. The van der Waals surface area contributed by atoms with E-state index in [4.69, 9.17) is 11.6 Å². The highest BCUT2D eigenvalue weighted by atomic mass is 35.5. The van der Waals surface area contributed by atoms with Crippen molar-refractivity contribution in [2.45, 2.75) is 6.92 Å². The van der Waals surface area contributed by atoms with Gasteiger partial charge in [-0.15, -0.1) is 23.7 Å². The van der Waals surface area contributed by atoms with Gasteiger partial charge in [-0.2, -0.15) is 5.10 Å². The molecule has 1 aliphatic heterocycles. The highest BCUT2D eigenvalue weighted by Gasteiger charge is 2.19. The molecule has 0 saturated heterocycles. The molecule has 0 bridgehead atoms. The summed E-state index contributed by atoms with van der Waals surface area (Å²) in [5.74, 6) is 0.609. The third-order valence-electron chi connectivity index (χ3n) is 3.93. The third kappa shape index (κ3) is 3.79. The molecule has 1 aliphatic rings. The Morgan fingerprint density at radius 3 is 3.04 bits per heavy atom. The van der Waals surface area contributed by atoms with Crippen molar-refractivity contribution in [2.75, 3.05) is 13.1 Å². The monoisotopic (exact) mass is 439 g/mol. The minimum atomic E-state index is -0.506. The molecule has 3 heterocycles. The molecule has 0 radical (unpaired) electrons. The summed E-state index contributed by atoms with van der Waals surface area (Å²) in [6, 6.07) is 4.64. The zero-order valence-corrected chi connectivity index (χ0v) is 16.9. The lowest BCUT2D eigenvalue weighted by Crippen LogP contribution is -2.30. The number of hydrogen-bond acceptors (Lipinski definition) is 8. The summed E-state index contributed by atoms with van der Waals surface area (Å²) in [6.07, 6.45) is 3.58. The number of halogens is 2. The predicted molar refractivity (Wildman–Crippen MR) is 113 cm³/mol. The maximum atomic E-state index is 11.2. The van der Waals surface area contributed by atoms with Crippen LogP contribution in [0, 0.1) is 17.0 Å². The first-order valence-corrected chi connectivity index (χ1v) is 9.22. The number of rotatable bonds is 4. The minimum absolute atomic E-state index is 0. The predicted octanol–water partition coefficient (Wildman–Crippen LogP) is 3.24. The highest BCUT2D eigenvalue weighted by Crippen LogP contribution is 2.32. The number of guanidine groups is 1. The van der Waals surface area contributed by atoms with E-state index < -0.39 is 4.92 Å². The summed E-state index contributed by atoms with van der Waals surface area (Å²) >= 11 is 7.46. The Balaban J connectivity index is 0.00000225. The molecule has 12 heteroatoms. The van der Waals surface area contributed by atoms with Gasteiger partial charge in [0, 0.05) is 29.2 Å². The average molecular weight is 440 g/mol. The Hall–Kier alpha value is -2.69. The molecule has 1 aromatic carbocycles. The molecule has 0 amide bonds. The number of hydrogen-bond donors (Lipinski definition) is 2. The van der Waals surface area contributed by atoms with Gasteiger partial charge in [-0.1, -0.05) is 17.7 Å². The van der Waals surface area contributed by atoms with E-state index in [-0.39, 0.29) is 23.1 Å². The molecule has 0 unspecified atom stereocenters. The van der Waals surface area contributed by atoms with E-state index in [1.165, 1.54) is 23.5 Å². The Morgan fingerprint density at radius 2 is 2.32 bits per heavy atom. The van der Waals surface area contributed by atoms with Crippen LogP contribution >= 0.6 is 35.3 Å². The molecule has 2 N–H and O–H groups in total.